The van der Waals surface area contributed by atoms with Gasteiger partial charge in [-0.2, -0.15) is 5.26 Å². The fourth-order valence-electron chi connectivity index (χ4n) is 2.13. The van der Waals surface area contributed by atoms with Crippen LogP contribution in [0.4, 0.5) is 14.5 Å². The highest BCUT2D eigenvalue weighted by Gasteiger charge is 2.14. The maximum absolute atomic E-state index is 13.7. The zero-order valence-electron chi connectivity index (χ0n) is 12.7. The number of hydrogen-bond acceptors (Lipinski definition) is 2. The summed E-state index contributed by atoms with van der Waals surface area (Å²) in [6.07, 6.45) is 1.03. The van der Waals surface area contributed by atoms with Gasteiger partial charge >= 0.3 is 0 Å². The zero-order chi connectivity index (χ0) is 17.0. The molecule has 0 saturated heterocycles. The molecule has 5 heteroatoms. The van der Waals surface area contributed by atoms with Crippen molar-refractivity contribution in [3.63, 3.8) is 0 Å². The number of nitrogens with zero attached hydrogens (tertiary/aromatic N) is 1. The van der Waals surface area contributed by atoms with Crippen molar-refractivity contribution in [2.75, 3.05) is 5.32 Å². The van der Waals surface area contributed by atoms with Crippen LogP contribution in [0.1, 0.15) is 16.7 Å². The third kappa shape index (κ3) is 3.61. The largest absolute Gasteiger partial charge is 0.321 e. The number of carbonyl (C=O) groups excluding carboxylic acids is 1. The molecular formula is C18H14F2N2O. The summed E-state index contributed by atoms with van der Waals surface area (Å²) < 4.78 is 26.9. The Morgan fingerprint density at radius 1 is 1.13 bits per heavy atom. The molecule has 0 atom stereocenters. The molecule has 0 spiro atoms. The quantitative estimate of drug-likeness (QED) is 0.684. The van der Waals surface area contributed by atoms with Gasteiger partial charge in [0.2, 0.25) is 0 Å². The standard InChI is InChI=1S/C18H14F2N2O/c1-11-5-3-6-12(2)17(11)22-18(23)14(10-21)9-13-7-4-8-15(19)16(13)20/h3-9H,1-2H3,(H,22,23)/b14-9-. The molecule has 0 heterocycles. The lowest BCUT2D eigenvalue weighted by atomic mass is 10.1. The number of benzene rings is 2. The second kappa shape index (κ2) is 6.84. The molecule has 116 valence electrons. The molecule has 2 aromatic rings. The summed E-state index contributed by atoms with van der Waals surface area (Å²) in [4.78, 5) is 12.2. The first-order valence-electron chi connectivity index (χ1n) is 6.87. The number of anilines is 1. The van der Waals surface area contributed by atoms with E-state index in [-0.39, 0.29) is 11.1 Å². The van der Waals surface area contributed by atoms with Gasteiger partial charge in [0.25, 0.3) is 5.91 Å². The van der Waals surface area contributed by atoms with Gasteiger partial charge in [-0.3, -0.25) is 4.79 Å². The van der Waals surface area contributed by atoms with Gasteiger partial charge < -0.3 is 5.32 Å². The number of amides is 1. The van der Waals surface area contributed by atoms with Crippen LogP contribution in [-0.2, 0) is 4.79 Å². The molecule has 0 aromatic heterocycles. The Hall–Kier alpha value is -3.00. The van der Waals surface area contributed by atoms with Crippen LogP contribution >= 0.6 is 0 Å². The van der Waals surface area contributed by atoms with Crippen molar-refractivity contribution in [1.29, 1.82) is 5.26 Å². The van der Waals surface area contributed by atoms with E-state index in [0.717, 1.165) is 23.3 Å². The molecule has 23 heavy (non-hydrogen) atoms. The molecule has 1 N–H and O–H groups in total. The van der Waals surface area contributed by atoms with E-state index >= 15 is 0 Å². The van der Waals surface area contributed by atoms with E-state index in [2.05, 4.69) is 5.32 Å². The number of nitriles is 1. The smallest absolute Gasteiger partial charge is 0.266 e. The summed E-state index contributed by atoms with van der Waals surface area (Å²) >= 11 is 0. The normalized spacial score (nSPS) is 11.0. The third-order valence-corrected chi connectivity index (χ3v) is 3.37. The van der Waals surface area contributed by atoms with Crippen molar-refractivity contribution >= 4 is 17.7 Å². The Morgan fingerprint density at radius 3 is 2.35 bits per heavy atom. The van der Waals surface area contributed by atoms with E-state index in [1.165, 1.54) is 12.1 Å². The highest BCUT2D eigenvalue weighted by atomic mass is 19.2. The van der Waals surface area contributed by atoms with Gasteiger partial charge in [0, 0.05) is 11.3 Å². The van der Waals surface area contributed by atoms with E-state index < -0.39 is 17.5 Å². The summed E-state index contributed by atoms with van der Waals surface area (Å²) in [6, 6.07) is 10.8. The van der Waals surface area contributed by atoms with Gasteiger partial charge in [0.05, 0.1) is 0 Å². The third-order valence-electron chi connectivity index (χ3n) is 3.37. The molecule has 0 saturated carbocycles. The highest BCUT2D eigenvalue weighted by Crippen LogP contribution is 2.21. The van der Waals surface area contributed by atoms with E-state index in [4.69, 9.17) is 5.26 Å². The number of hydrogen-bond donors (Lipinski definition) is 1. The molecule has 0 fully saturated rings. The minimum absolute atomic E-state index is 0.154. The van der Waals surface area contributed by atoms with E-state index in [0.29, 0.717) is 5.69 Å². The van der Waals surface area contributed by atoms with Gasteiger partial charge in [-0.05, 0) is 37.1 Å². The second-order valence-electron chi connectivity index (χ2n) is 5.03. The molecule has 3 nitrogen and oxygen atoms in total. The summed E-state index contributed by atoms with van der Waals surface area (Å²) in [7, 11) is 0. The second-order valence-corrected chi connectivity index (χ2v) is 5.03. The zero-order valence-corrected chi connectivity index (χ0v) is 12.7. The van der Waals surface area contributed by atoms with Crippen LogP contribution < -0.4 is 5.32 Å². The fourth-order valence-corrected chi connectivity index (χ4v) is 2.13. The van der Waals surface area contributed by atoms with Crippen LogP contribution in [-0.4, -0.2) is 5.91 Å². The van der Waals surface area contributed by atoms with Gasteiger partial charge in [0.15, 0.2) is 11.6 Å². The van der Waals surface area contributed by atoms with Crippen molar-refractivity contribution in [2.24, 2.45) is 0 Å². The van der Waals surface area contributed by atoms with Crippen LogP contribution in [0.3, 0.4) is 0 Å². The minimum Gasteiger partial charge on any atom is -0.321 e. The predicted octanol–water partition coefficient (Wildman–Crippen LogP) is 4.13. The van der Waals surface area contributed by atoms with Crippen molar-refractivity contribution in [3.05, 3.63) is 70.3 Å². The van der Waals surface area contributed by atoms with E-state index in [1.807, 2.05) is 32.0 Å². The Kier molecular flexibility index (Phi) is 4.87. The van der Waals surface area contributed by atoms with Crippen molar-refractivity contribution in [3.8, 4) is 6.07 Å². The van der Waals surface area contributed by atoms with E-state index in [9.17, 15) is 13.6 Å². The van der Waals surface area contributed by atoms with Gasteiger partial charge in [-0.1, -0.05) is 30.3 Å². The van der Waals surface area contributed by atoms with Crippen LogP contribution in [0.15, 0.2) is 42.0 Å². The first kappa shape index (κ1) is 16.4. The summed E-state index contributed by atoms with van der Waals surface area (Å²) in [6.45, 7) is 3.65. The average Bonchev–Trinajstić information content (AvgIpc) is 2.52. The van der Waals surface area contributed by atoms with Crippen LogP contribution in [0.25, 0.3) is 6.08 Å². The monoisotopic (exact) mass is 312 g/mol. The molecule has 0 aliphatic rings. The summed E-state index contributed by atoms with van der Waals surface area (Å²) in [5, 5.41) is 11.8. The maximum Gasteiger partial charge on any atom is 0.266 e. The molecule has 2 rings (SSSR count). The topological polar surface area (TPSA) is 52.9 Å². The van der Waals surface area contributed by atoms with Crippen molar-refractivity contribution in [1.82, 2.24) is 0 Å². The number of carbonyl (C=O) groups is 1. The average molecular weight is 312 g/mol. The first-order chi connectivity index (χ1) is 10.9. The highest BCUT2D eigenvalue weighted by molar-refractivity contribution is 6.10. The number of rotatable bonds is 3. The molecule has 0 bridgehead atoms. The lowest BCUT2D eigenvalue weighted by Crippen LogP contribution is -2.15. The number of para-hydroxylation sites is 1. The molecule has 0 radical (unpaired) electrons. The predicted molar refractivity (Wildman–Crippen MR) is 84.5 cm³/mol. The Balaban J connectivity index is 2.35. The summed E-state index contributed by atoms with van der Waals surface area (Å²) in [5.74, 6) is -2.81. The SMILES string of the molecule is Cc1cccc(C)c1NC(=O)/C(C#N)=C\c1cccc(F)c1F. The molecule has 0 unspecified atom stereocenters. The van der Waals surface area contributed by atoms with E-state index in [1.54, 1.807) is 6.07 Å². The van der Waals surface area contributed by atoms with Crippen LogP contribution in [0, 0.1) is 36.8 Å². The number of aryl methyl sites for hydroxylation is 2. The fraction of sp³-hybridized carbons (Fsp3) is 0.111. The number of halogens is 2. The van der Waals surface area contributed by atoms with Gasteiger partial charge in [-0.15, -0.1) is 0 Å². The van der Waals surface area contributed by atoms with Crippen LogP contribution in [0.5, 0.6) is 0 Å². The molecule has 0 aliphatic carbocycles. The molecule has 1 amide bonds. The number of nitrogens with one attached hydrogen (secondary N) is 1. The van der Waals surface area contributed by atoms with Gasteiger partial charge in [0.1, 0.15) is 11.6 Å². The lowest BCUT2D eigenvalue weighted by molar-refractivity contribution is -0.112. The molecule has 2 aromatic carbocycles. The molecular weight excluding hydrogens is 298 g/mol. The van der Waals surface area contributed by atoms with Crippen molar-refractivity contribution < 1.29 is 13.6 Å². The minimum atomic E-state index is -1.10. The Bertz CT molecular complexity index is 815. The van der Waals surface area contributed by atoms with Crippen LogP contribution in [0.2, 0.25) is 0 Å². The summed E-state index contributed by atoms with van der Waals surface area (Å²) in [5.41, 5.74) is 1.81. The maximum atomic E-state index is 13.7. The Labute approximate surface area is 132 Å². The van der Waals surface area contributed by atoms with Gasteiger partial charge in [-0.25, -0.2) is 8.78 Å². The molecule has 0 aliphatic heterocycles. The first-order valence-corrected chi connectivity index (χ1v) is 6.87. The lowest BCUT2D eigenvalue weighted by Gasteiger charge is -2.11. The Morgan fingerprint density at radius 2 is 1.74 bits per heavy atom. The van der Waals surface area contributed by atoms with Crippen molar-refractivity contribution in [2.45, 2.75) is 13.8 Å².